The van der Waals surface area contributed by atoms with Gasteiger partial charge in [-0.15, -0.1) is 0 Å². The Balaban J connectivity index is 2.62. The lowest BCUT2D eigenvalue weighted by atomic mass is 9.89. The number of aromatic hydroxyl groups is 2. The number of allylic oxidation sites excluding steroid dienone is 2. The maximum Gasteiger partial charge on any atom is 0.122 e. The van der Waals surface area contributed by atoms with Gasteiger partial charge in [0.2, 0.25) is 0 Å². The van der Waals surface area contributed by atoms with Crippen molar-refractivity contribution in [2.45, 2.75) is 26.7 Å². The van der Waals surface area contributed by atoms with Crippen LogP contribution in [0.1, 0.15) is 23.6 Å². The first-order valence-corrected chi connectivity index (χ1v) is 4.78. The van der Waals surface area contributed by atoms with Crippen LogP contribution in [-0.2, 0) is 12.8 Å². The fraction of sp³-hybridized carbons (Fsp3) is 0.333. The van der Waals surface area contributed by atoms with Crippen LogP contribution in [0.2, 0.25) is 0 Å². The number of hydrogen-bond donors (Lipinski definition) is 2. The molecular formula is C12H14O2. The van der Waals surface area contributed by atoms with Gasteiger partial charge in [-0.1, -0.05) is 11.6 Å². The van der Waals surface area contributed by atoms with E-state index in [1.54, 1.807) is 6.07 Å². The highest BCUT2D eigenvalue weighted by atomic mass is 16.3. The zero-order valence-corrected chi connectivity index (χ0v) is 8.46. The molecule has 0 unspecified atom stereocenters. The molecule has 1 aromatic rings. The van der Waals surface area contributed by atoms with Gasteiger partial charge >= 0.3 is 0 Å². The standard InChI is InChI=1S/C12H14O2/c1-7-3-4-9-10(5-7)12(14)8(2)6-11(9)13/h3,6,13-14H,4-5H2,1-2H3. The lowest BCUT2D eigenvalue weighted by molar-refractivity contribution is 0.445. The Morgan fingerprint density at radius 3 is 2.57 bits per heavy atom. The quantitative estimate of drug-likeness (QED) is 0.487. The van der Waals surface area contributed by atoms with Crippen LogP contribution in [0, 0.1) is 6.92 Å². The van der Waals surface area contributed by atoms with Crippen molar-refractivity contribution in [3.63, 3.8) is 0 Å². The molecule has 0 aliphatic heterocycles. The summed E-state index contributed by atoms with van der Waals surface area (Å²) in [6, 6.07) is 1.63. The van der Waals surface area contributed by atoms with Crippen molar-refractivity contribution in [2.75, 3.05) is 0 Å². The van der Waals surface area contributed by atoms with E-state index in [4.69, 9.17) is 0 Å². The minimum Gasteiger partial charge on any atom is -0.508 e. The van der Waals surface area contributed by atoms with Gasteiger partial charge in [0, 0.05) is 11.1 Å². The predicted molar refractivity (Wildman–Crippen MR) is 55.7 cm³/mol. The maximum absolute atomic E-state index is 9.85. The van der Waals surface area contributed by atoms with E-state index >= 15 is 0 Å². The van der Waals surface area contributed by atoms with E-state index in [0.717, 1.165) is 29.5 Å². The second-order valence-electron chi connectivity index (χ2n) is 3.95. The molecule has 0 saturated heterocycles. The van der Waals surface area contributed by atoms with Crippen LogP contribution in [-0.4, -0.2) is 10.2 Å². The Labute approximate surface area is 83.5 Å². The third kappa shape index (κ3) is 1.27. The third-order valence-electron chi connectivity index (χ3n) is 2.80. The molecule has 1 aliphatic rings. The van der Waals surface area contributed by atoms with Crippen LogP contribution in [0.25, 0.3) is 0 Å². The van der Waals surface area contributed by atoms with E-state index in [2.05, 4.69) is 6.08 Å². The molecule has 1 aliphatic carbocycles. The molecule has 2 nitrogen and oxygen atoms in total. The number of fused-ring (bicyclic) bond motifs is 1. The molecule has 0 fully saturated rings. The first kappa shape index (κ1) is 9.13. The Morgan fingerprint density at radius 1 is 1.14 bits per heavy atom. The van der Waals surface area contributed by atoms with Crippen molar-refractivity contribution in [2.24, 2.45) is 0 Å². The third-order valence-corrected chi connectivity index (χ3v) is 2.80. The number of rotatable bonds is 0. The summed E-state index contributed by atoms with van der Waals surface area (Å²) < 4.78 is 0. The van der Waals surface area contributed by atoms with Crippen molar-refractivity contribution in [3.05, 3.63) is 34.4 Å². The summed E-state index contributed by atoms with van der Waals surface area (Å²) in [5.41, 5.74) is 3.76. The Bertz CT molecular complexity index is 417. The number of aryl methyl sites for hydroxylation is 1. The summed E-state index contributed by atoms with van der Waals surface area (Å²) in [5.74, 6) is 0.643. The Morgan fingerprint density at radius 2 is 1.86 bits per heavy atom. The van der Waals surface area contributed by atoms with E-state index in [0.29, 0.717) is 11.5 Å². The minimum absolute atomic E-state index is 0.305. The van der Waals surface area contributed by atoms with Crippen molar-refractivity contribution >= 4 is 0 Å². The molecule has 0 atom stereocenters. The highest BCUT2D eigenvalue weighted by Crippen LogP contribution is 2.36. The van der Waals surface area contributed by atoms with Gasteiger partial charge in [0.15, 0.2) is 0 Å². The summed E-state index contributed by atoms with van der Waals surface area (Å²) >= 11 is 0. The van der Waals surface area contributed by atoms with Crippen LogP contribution in [0.15, 0.2) is 17.7 Å². The molecule has 0 spiro atoms. The molecule has 0 radical (unpaired) electrons. The van der Waals surface area contributed by atoms with Gasteiger partial charge in [-0.05, 0) is 38.3 Å². The van der Waals surface area contributed by atoms with Crippen molar-refractivity contribution in [1.29, 1.82) is 0 Å². The second-order valence-corrected chi connectivity index (χ2v) is 3.95. The highest BCUT2D eigenvalue weighted by molar-refractivity contribution is 5.55. The first-order valence-electron chi connectivity index (χ1n) is 4.78. The fourth-order valence-electron chi connectivity index (χ4n) is 1.94. The Hall–Kier alpha value is -1.44. The zero-order chi connectivity index (χ0) is 10.3. The molecule has 0 heterocycles. The van der Waals surface area contributed by atoms with Crippen LogP contribution < -0.4 is 0 Å². The van der Waals surface area contributed by atoms with E-state index < -0.39 is 0 Å². The molecule has 2 N–H and O–H groups in total. The normalized spacial score (nSPS) is 14.9. The topological polar surface area (TPSA) is 40.5 Å². The number of phenolic OH excluding ortho intramolecular Hbond substituents is 2. The smallest absolute Gasteiger partial charge is 0.122 e. The summed E-state index contributed by atoms with van der Waals surface area (Å²) in [5, 5.41) is 19.6. The van der Waals surface area contributed by atoms with E-state index in [-0.39, 0.29) is 0 Å². The molecule has 0 saturated carbocycles. The molecule has 2 rings (SSSR count). The lowest BCUT2D eigenvalue weighted by Gasteiger charge is -2.18. The average Bonchev–Trinajstić information content (AvgIpc) is 2.14. The fourth-order valence-corrected chi connectivity index (χ4v) is 1.94. The van der Waals surface area contributed by atoms with E-state index in [1.807, 2.05) is 13.8 Å². The predicted octanol–water partition coefficient (Wildman–Crippen LogP) is 2.45. The highest BCUT2D eigenvalue weighted by Gasteiger charge is 2.17. The summed E-state index contributed by atoms with van der Waals surface area (Å²) in [4.78, 5) is 0. The van der Waals surface area contributed by atoms with Crippen molar-refractivity contribution in [1.82, 2.24) is 0 Å². The molecule has 2 heteroatoms. The lowest BCUT2D eigenvalue weighted by Crippen LogP contribution is -2.03. The molecule has 0 amide bonds. The van der Waals surface area contributed by atoms with Crippen LogP contribution in [0.4, 0.5) is 0 Å². The summed E-state index contributed by atoms with van der Waals surface area (Å²) in [6.45, 7) is 3.85. The zero-order valence-electron chi connectivity index (χ0n) is 8.46. The molecule has 0 aromatic heterocycles. The van der Waals surface area contributed by atoms with Crippen molar-refractivity contribution in [3.8, 4) is 11.5 Å². The minimum atomic E-state index is 0.305. The maximum atomic E-state index is 9.85. The molecular weight excluding hydrogens is 176 g/mol. The molecule has 14 heavy (non-hydrogen) atoms. The number of hydrogen-bond acceptors (Lipinski definition) is 2. The van der Waals surface area contributed by atoms with Gasteiger partial charge in [0.1, 0.15) is 11.5 Å². The van der Waals surface area contributed by atoms with Gasteiger partial charge in [-0.3, -0.25) is 0 Å². The van der Waals surface area contributed by atoms with Crippen molar-refractivity contribution < 1.29 is 10.2 Å². The van der Waals surface area contributed by atoms with Gasteiger partial charge in [-0.2, -0.15) is 0 Å². The molecule has 74 valence electrons. The summed E-state index contributed by atoms with van der Waals surface area (Å²) in [7, 11) is 0. The summed E-state index contributed by atoms with van der Waals surface area (Å²) in [6.07, 6.45) is 3.56. The van der Waals surface area contributed by atoms with Gasteiger partial charge in [0.05, 0.1) is 0 Å². The Kier molecular flexibility index (Phi) is 1.99. The van der Waals surface area contributed by atoms with Crippen LogP contribution >= 0.6 is 0 Å². The molecule has 1 aromatic carbocycles. The molecule has 0 bridgehead atoms. The van der Waals surface area contributed by atoms with E-state index in [1.165, 1.54) is 5.57 Å². The SMILES string of the molecule is CC1=CCc2c(O)cc(C)c(O)c2C1. The first-order chi connectivity index (χ1) is 6.59. The average molecular weight is 190 g/mol. The van der Waals surface area contributed by atoms with Gasteiger partial charge in [-0.25, -0.2) is 0 Å². The van der Waals surface area contributed by atoms with Crippen LogP contribution in [0.3, 0.4) is 0 Å². The van der Waals surface area contributed by atoms with Gasteiger partial charge < -0.3 is 10.2 Å². The number of benzene rings is 1. The van der Waals surface area contributed by atoms with Crippen LogP contribution in [0.5, 0.6) is 11.5 Å². The van der Waals surface area contributed by atoms with E-state index in [9.17, 15) is 10.2 Å². The largest absolute Gasteiger partial charge is 0.508 e. The second kappa shape index (κ2) is 3.05. The monoisotopic (exact) mass is 190 g/mol. The van der Waals surface area contributed by atoms with Gasteiger partial charge in [0.25, 0.3) is 0 Å². The number of phenols is 2.